The number of rotatable bonds is 6. The Hall–Kier alpha value is -1.59. The third-order valence-electron chi connectivity index (χ3n) is 2.22. The zero-order chi connectivity index (χ0) is 12.7. The van der Waals surface area contributed by atoms with Crippen LogP contribution in [-0.2, 0) is 4.79 Å². The first-order valence-corrected chi connectivity index (χ1v) is 5.59. The molecule has 0 bridgehead atoms. The van der Waals surface area contributed by atoms with Crippen LogP contribution in [0.1, 0.15) is 0 Å². The molecule has 0 heterocycles. The van der Waals surface area contributed by atoms with Crippen LogP contribution in [0.3, 0.4) is 0 Å². The van der Waals surface area contributed by atoms with Gasteiger partial charge in [0.25, 0.3) is 0 Å². The fourth-order valence-electron chi connectivity index (χ4n) is 1.28. The van der Waals surface area contributed by atoms with E-state index in [-0.39, 0.29) is 5.91 Å². The summed E-state index contributed by atoms with van der Waals surface area (Å²) >= 11 is 0. The highest BCUT2D eigenvalue weighted by Gasteiger charge is 2.01. The Balaban J connectivity index is 2.23. The molecule has 4 N–H and O–H groups in total. The van der Waals surface area contributed by atoms with E-state index in [4.69, 9.17) is 5.73 Å². The minimum Gasteiger partial charge on any atom is -0.399 e. The van der Waals surface area contributed by atoms with Gasteiger partial charge in [0.05, 0.1) is 6.54 Å². The van der Waals surface area contributed by atoms with Gasteiger partial charge in [-0.15, -0.1) is 0 Å². The number of carbonyl (C=O) groups is 1. The molecule has 94 valence electrons. The number of amides is 1. The SMILES string of the molecule is CN(C)CCNCC(=O)Nc1ccc(N)cc1. The van der Waals surface area contributed by atoms with Crippen molar-refractivity contribution in [2.45, 2.75) is 0 Å². The lowest BCUT2D eigenvalue weighted by atomic mass is 10.3. The van der Waals surface area contributed by atoms with Gasteiger partial charge in [-0.3, -0.25) is 4.79 Å². The van der Waals surface area contributed by atoms with Crippen molar-refractivity contribution in [1.29, 1.82) is 0 Å². The highest BCUT2D eigenvalue weighted by molar-refractivity contribution is 5.92. The summed E-state index contributed by atoms with van der Waals surface area (Å²) in [6.07, 6.45) is 0. The zero-order valence-electron chi connectivity index (χ0n) is 10.4. The number of nitrogens with one attached hydrogen (secondary N) is 2. The summed E-state index contributed by atoms with van der Waals surface area (Å²) in [5.41, 5.74) is 7.00. The van der Waals surface area contributed by atoms with Crippen LogP contribution in [0.2, 0.25) is 0 Å². The monoisotopic (exact) mass is 236 g/mol. The molecule has 0 spiro atoms. The summed E-state index contributed by atoms with van der Waals surface area (Å²) in [6, 6.07) is 7.09. The van der Waals surface area contributed by atoms with E-state index in [1.807, 2.05) is 14.1 Å². The molecule has 0 saturated heterocycles. The van der Waals surface area contributed by atoms with Crippen LogP contribution < -0.4 is 16.4 Å². The van der Waals surface area contributed by atoms with Crippen molar-refractivity contribution >= 4 is 17.3 Å². The molecule has 0 unspecified atom stereocenters. The number of likely N-dealkylation sites (N-methyl/N-ethyl adjacent to an activating group) is 1. The van der Waals surface area contributed by atoms with E-state index in [1.165, 1.54) is 0 Å². The van der Waals surface area contributed by atoms with Gasteiger partial charge in [-0.1, -0.05) is 0 Å². The smallest absolute Gasteiger partial charge is 0.238 e. The Morgan fingerprint density at radius 1 is 1.29 bits per heavy atom. The molecule has 1 amide bonds. The van der Waals surface area contributed by atoms with Crippen molar-refractivity contribution in [2.24, 2.45) is 0 Å². The molecule has 0 aliphatic rings. The minimum atomic E-state index is -0.0477. The number of anilines is 2. The first-order valence-electron chi connectivity index (χ1n) is 5.59. The second-order valence-corrected chi connectivity index (χ2v) is 4.15. The Morgan fingerprint density at radius 3 is 2.53 bits per heavy atom. The summed E-state index contributed by atoms with van der Waals surface area (Å²) < 4.78 is 0. The quantitative estimate of drug-likeness (QED) is 0.492. The van der Waals surface area contributed by atoms with E-state index in [1.54, 1.807) is 24.3 Å². The molecular formula is C12H20N4O. The predicted octanol–water partition coefficient (Wildman–Crippen LogP) is 0.359. The van der Waals surface area contributed by atoms with Gasteiger partial charge in [0, 0.05) is 24.5 Å². The van der Waals surface area contributed by atoms with Gasteiger partial charge in [0.1, 0.15) is 0 Å². The van der Waals surface area contributed by atoms with Gasteiger partial charge in [-0.25, -0.2) is 0 Å². The average Bonchev–Trinajstić information content (AvgIpc) is 2.27. The summed E-state index contributed by atoms with van der Waals surface area (Å²) in [4.78, 5) is 13.6. The Bertz CT molecular complexity index is 348. The van der Waals surface area contributed by atoms with E-state index in [9.17, 15) is 4.79 Å². The molecule has 0 aliphatic carbocycles. The second kappa shape index (κ2) is 6.88. The Morgan fingerprint density at radius 2 is 1.94 bits per heavy atom. The summed E-state index contributed by atoms with van der Waals surface area (Å²) in [6.45, 7) is 2.02. The predicted molar refractivity (Wildman–Crippen MR) is 70.9 cm³/mol. The molecule has 0 atom stereocenters. The van der Waals surface area contributed by atoms with Crippen molar-refractivity contribution < 1.29 is 4.79 Å². The summed E-state index contributed by atoms with van der Waals surface area (Å²) in [7, 11) is 3.99. The molecule has 1 rings (SSSR count). The number of hydrogen-bond donors (Lipinski definition) is 3. The van der Waals surface area contributed by atoms with Crippen LogP contribution in [0.4, 0.5) is 11.4 Å². The topological polar surface area (TPSA) is 70.4 Å². The molecule has 1 aromatic rings. The first-order chi connectivity index (χ1) is 8.08. The summed E-state index contributed by atoms with van der Waals surface area (Å²) in [5, 5.41) is 5.86. The number of carbonyl (C=O) groups excluding carboxylic acids is 1. The number of nitrogen functional groups attached to an aromatic ring is 1. The lowest BCUT2D eigenvalue weighted by molar-refractivity contribution is -0.115. The normalized spacial score (nSPS) is 10.5. The fraction of sp³-hybridized carbons (Fsp3) is 0.417. The molecule has 1 aromatic carbocycles. The van der Waals surface area contributed by atoms with E-state index >= 15 is 0 Å². The van der Waals surface area contributed by atoms with Crippen molar-refractivity contribution in [3.8, 4) is 0 Å². The maximum absolute atomic E-state index is 11.5. The van der Waals surface area contributed by atoms with Crippen molar-refractivity contribution in [3.05, 3.63) is 24.3 Å². The van der Waals surface area contributed by atoms with Gasteiger partial charge in [0.15, 0.2) is 0 Å². The standard InChI is InChI=1S/C12H20N4O/c1-16(2)8-7-14-9-12(17)15-11-5-3-10(13)4-6-11/h3-6,14H,7-9,13H2,1-2H3,(H,15,17). The van der Waals surface area contributed by atoms with Gasteiger partial charge in [0.2, 0.25) is 5.91 Å². The second-order valence-electron chi connectivity index (χ2n) is 4.15. The number of nitrogens with zero attached hydrogens (tertiary/aromatic N) is 1. The van der Waals surface area contributed by atoms with Gasteiger partial charge in [-0.05, 0) is 38.4 Å². The van der Waals surface area contributed by atoms with Crippen molar-refractivity contribution in [1.82, 2.24) is 10.2 Å². The van der Waals surface area contributed by atoms with E-state index < -0.39 is 0 Å². The molecule has 17 heavy (non-hydrogen) atoms. The van der Waals surface area contributed by atoms with E-state index in [2.05, 4.69) is 15.5 Å². The molecule has 5 heteroatoms. The maximum Gasteiger partial charge on any atom is 0.238 e. The van der Waals surface area contributed by atoms with Crippen LogP contribution in [0, 0.1) is 0 Å². The lowest BCUT2D eigenvalue weighted by Gasteiger charge is -2.10. The highest BCUT2D eigenvalue weighted by Crippen LogP contribution is 2.09. The lowest BCUT2D eigenvalue weighted by Crippen LogP contribution is -2.33. The fourth-order valence-corrected chi connectivity index (χ4v) is 1.28. The first kappa shape index (κ1) is 13.5. The van der Waals surface area contributed by atoms with Crippen LogP contribution in [0.25, 0.3) is 0 Å². The Labute approximate surface area is 102 Å². The van der Waals surface area contributed by atoms with Crippen LogP contribution in [0.5, 0.6) is 0 Å². The minimum absolute atomic E-state index is 0.0477. The van der Waals surface area contributed by atoms with Crippen molar-refractivity contribution in [3.63, 3.8) is 0 Å². The molecular weight excluding hydrogens is 216 g/mol. The third-order valence-corrected chi connectivity index (χ3v) is 2.22. The molecule has 0 saturated carbocycles. The molecule has 5 nitrogen and oxygen atoms in total. The van der Waals surface area contributed by atoms with Crippen LogP contribution >= 0.6 is 0 Å². The highest BCUT2D eigenvalue weighted by atomic mass is 16.1. The van der Waals surface area contributed by atoms with Gasteiger partial charge >= 0.3 is 0 Å². The van der Waals surface area contributed by atoms with E-state index in [0.29, 0.717) is 12.2 Å². The van der Waals surface area contributed by atoms with Crippen LogP contribution in [0.15, 0.2) is 24.3 Å². The summed E-state index contributed by atoms with van der Waals surface area (Å²) in [5.74, 6) is -0.0477. The average molecular weight is 236 g/mol. The van der Waals surface area contributed by atoms with E-state index in [0.717, 1.165) is 18.8 Å². The molecule has 0 aromatic heterocycles. The number of nitrogens with two attached hydrogens (primary N) is 1. The van der Waals surface area contributed by atoms with Gasteiger partial charge < -0.3 is 21.3 Å². The zero-order valence-corrected chi connectivity index (χ0v) is 10.4. The van der Waals surface area contributed by atoms with Crippen molar-refractivity contribution in [2.75, 3.05) is 44.8 Å². The Kier molecular flexibility index (Phi) is 5.45. The largest absolute Gasteiger partial charge is 0.399 e. The molecule has 0 fully saturated rings. The number of benzene rings is 1. The third kappa shape index (κ3) is 5.89. The van der Waals surface area contributed by atoms with Crippen LogP contribution in [-0.4, -0.2) is 44.5 Å². The number of hydrogen-bond acceptors (Lipinski definition) is 4. The molecule has 0 radical (unpaired) electrons. The maximum atomic E-state index is 11.5. The molecule has 0 aliphatic heterocycles. The van der Waals surface area contributed by atoms with Gasteiger partial charge in [-0.2, -0.15) is 0 Å².